The molecule has 1 aromatic rings. The molecule has 1 atom stereocenters. The molecule has 1 N–H and O–H groups in total. The van der Waals surface area contributed by atoms with Gasteiger partial charge in [-0.3, -0.25) is 0 Å². The standard InChI is InChI=1S/C12H17NO4S2/c14-19(15,11-4-3-7-18-11)13-8-10-9-16-12(17-10)5-1-2-6-12/h3-4,7,10,13H,1-2,5-6,8-9H2/t10-/m1/s1. The van der Waals surface area contributed by atoms with E-state index in [0.29, 0.717) is 10.8 Å². The van der Waals surface area contributed by atoms with Crippen LogP contribution in [0.3, 0.4) is 0 Å². The fraction of sp³-hybridized carbons (Fsp3) is 0.667. The van der Waals surface area contributed by atoms with E-state index in [-0.39, 0.29) is 12.6 Å². The number of ether oxygens (including phenoxy) is 2. The first-order chi connectivity index (χ1) is 9.10. The molecule has 5 nitrogen and oxygen atoms in total. The smallest absolute Gasteiger partial charge is 0.250 e. The second-order valence-electron chi connectivity index (χ2n) is 4.95. The van der Waals surface area contributed by atoms with Gasteiger partial charge >= 0.3 is 0 Å². The van der Waals surface area contributed by atoms with Crippen LogP contribution in [0.4, 0.5) is 0 Å². The molecular weight excluding hydrogens is 286 g/mol. The van der Waals surface area contributed by atoms with Crippen molar-refractivity contribution in [1.82, 2.24) is 4.72 Å². The molecule has 1 saturated carbocycles. The summed E-state index contributed by atoms with van der Waals surface area (Å²) in [7, 11) is -3.41. The Bertz CT molecular complexity index is 520. The van der Waals surface area contributed by atoms with Crippen LogP contribution >= 0.6 is 11.3 Å². The second-order valence-corrected chi connectivity index (χ2v) is 7.89. The predicted octanol–water partition coefficient (Wildman–Crippen LogP) is 1.71. The van der Waals surface area contributed by atoms with E-state index in [1.54, 1.807) is 17.5 Å². The zero-order chi connectivity index (χ0) is 13.3. The normalized spacial score (nSPS) is 26.2. The summed E-state index contributed by atoms with van der Waals surface area (Å²) in [6.45, 7) is 0.731. The molecule has 1 aliphatic carbocycles. The van der Waals surface area contributed by atoms with Crippen LogP contribution in [0.5, 0.6) is 0 Å². The number of hydrogen-bond acceptors (Lipinski definition) is 5. The van der Waals surface area contributed by atoms with Crippen molar-refractivity contribution in [2.45, 2.75) is 41.8 Å². The Morgan fingerprint density at radius 1 is 1.42 bits per heavy atom. The highest BCUT2D eigenvalue weighted by Crippen LogP contribution is 2.39. The van der Waals surface area contributed by atoms with Gasteiger partial charge in [0.2, 0.25) is 10.0 Å². The largest absolute Gasteiger partial charge is 0.347 e. The molecule has 19 heavy (non-hydrogen) atoms. The lowest BCUT2D eigenvalue weighted by Gasteiger charge is -2.21. The van der Waals surface area contributed by atoms with Gasteiger partial charge in [-0.1, -0.05) is 6.07 Å². The van der Waals surface area contributed by atoms with E-state index in [4.69, 9.17) is 9.47 Å². The predicted molar refractivity (Wildman–Crippen MR) is 71.5 cm³/mol. The van der Waals surface area contributed by atoms with Crippen LogP contribution < -0.4 is 4.72 Å². The third kappa shape index (κ3) is 2.85. The van der Waals surface area contributed by atoms with Gasteiger partial charge in [0, 0.05) is 19.4 Å². The zero-order valence-electron chi connectivity index (χ0n) is 10.5. The molecule has 2 fully saturated rings. The van der Waals surface area contributed by atoms with Crippen LogP contribution in [0.1, 0.15) is 25.7 Å². The Hall–Kier alpha value is -0.470. The van der Waals surface area contributed by atoms with Gasteiger partial charge in [0.15, 0.2) is 5.79 Å². The van der Waals surface area contributed by atoms with E-state index in [2.05, 4.69) is 4.72 Å². The number of sulfonamides is 1. The van der Waals surface area contributed by atoms with Gasteiger partial charge in [0.25, 0.3) is 0 Å². The Kier molecular flexibility index (Phi) is 3.65. The SMILES string of the molecule is O=S(=O)(NC[C@@H]1COC2(CCCC2)O1)c1cccs1. The van der Waals surface area contributed by atoms with Crippen molar-refractivity contribution in [3.05, 3.63) is 17.5 Å². The third-order valence-electron chi connectivity index (χ3n) is 3.54. The lowest BCUT2D eigenvalue weighted by molar-refractivity contribution is -0.160. The minimum absolute atomic E-state index is 0.187. The number of rotatable bonds is 4. The van der Waals surface area contributed by atoms with Crippen LogP contribution in [-0.2, 0) is 19.5 Å². The van der Waals surface area contributed by atoms with Gasteiger partial charge < -0.3 is 9.47 Å². The minimum Gasteiger partial charge on any atom is -0.347 e. The molecule has 0 radical (unpaired) electrons. The van der Waals surface area contributed by atoms with Crippen LogP contribution in [0.25, 0.3) is 0 Å². The Balaban J connectivity index is 1.56. The molecule has 3 rings (SSSR count). The molecule has 106 valence electrons. The fourth-order valence-corrected chi connectivity index (χ4v) is 4.69. The molecule has 0 unspecified atom stereocenters. The number of nitrogens with one attached hydrogen (secondary N) is 1. The molecule has 1 spiro atoms. The van der Waals surface area contributed by atoms with Crippen molar-refractivity contribution >= 4 is 21.4 Å². The topological polar surface area (TPSA) is 64.6 Å². The summed E-state index contributed by atoms with van der Waals surface area (Å²) in [5.41, 5.74) is 0. The summed E-state index contributed by atoms with van der Waals surface area (Å²) in [6.07, 6.45) is 3.89. The summed E-state index contributed by atoms with van der Waals surface area (Å²) in [5, 5.41) is 1.75. The van der Waals surface area contributed by atoms with Gasteiger partial charge in [-0.2, -0.15) is 0 Å². The highest BCUT2D eigenvalue weighted by molar-refractivity contribution is 7.91. The monoisotopic (exact) mass is 303 g/mol. The summed E-state index contributed by atoms with van der Waals surface area (Å²) in [6, 6.07) is 3.32. The molecule has 1 aromatic heterocycles. The summed E-state index contributed by atoms with van der Waals surface area (Å²) in [4.78, 5) is 0. The van der Waals surface area contributed by atoms with E-state index in [9.17, 15) is 8.42 Å². The average molecular weight is 303 g/mol. The quantitative estimate of drug-likeness (QED) is 0.919. The van der Waals surface area contributed by atoms with Crippen molar-refractivity contribution in [1.29, 1.82) is 0 Å². The van der Waals surface area contributed by atoms with Crippen molar-refractivity contribution in [2.75, 3.05) is 13.2 Å². The second kappa shape index (κ2) is 5.14. The minimum atomic E-state index is -3.41. The molecule has 0 aromatic carbocycles. The first-order valence-electron chi connectivity index (χ1n) is 6.45. The highest BCUT2D eigenvalue weighted by atomic mass is 32.2. The maximum absolute atomic E-state index is 12.0. The average Bonchev–Trinajstić information content (AvgIpc) is 3.10. The van der Waals surface area contributed by atoms with E-state index in [0.717, 1.165) is 25.7 Å². The first-order valence-corrected chi connectivity index (χ1v) is 8.81. The Morgan fingerprint density at radius 2 is 2.21 bits per heavy atom. The lowest BCUT2D eigenvalue weighted by atomic mass is 10.2. The first kappa shape index (κ1) is 13.5. The van der Waals surface area contributed by atoms with Gasteiger partial charge in [-0.15, -0.1) is 11.3 Å². The number of thiophene rings is 1. The van der Waals surface area contributed by atoms with E-state index >= 15 is 0 Å². The van der Waals surface area contributed by atoms with Crippen molar-refractivity contribution in [2.24, 2.45) is 0 Å². The summed E-state index contributed by atoms with van der Waals surface area (Å²) in [5.74, 6) is -0.432. The fourth-order valence-electron chi connectivity index (χ4n) is 2.58. The van der Waals surface area contributed by atoms with Crippen LogP contribution in [0.2, 0.25) is 0 Å². The van der Waals surface area contributed by atoms with E-state index in [1.165, 1.54) is 11.3 Å². The maximum atomic E-state index is 12.0. The van der Waals surface area contributed by atoms with E-state index in [1.807, 2.05) is 0 Å². The molecule has 2 heterocycles. The maximum Gasteiger partial charge on any atom is 0.250 e. The van der Waals surface area contributed by atoms with Crippen molar-refractivity contribution in [3.63, 3.8) is 0 Å². The zero-order valence-corrected chi connectivity index (χ0v) is 12.1. The van der Waals surface area contributed by atoms with Gasteiger partial charge in [0.1, 0.15) is 4.21 Å². The third-order valence-corrected chi connectivity index (χ3v) is 6.36. The van der Waals surface area contributed by atoms with Crippen LogP contribution in [0, 0.1) is 0 Å². The molecule has 7 heteroatoms. The summed E-state index contributed by atoms with van der Waals surface area (Å²) >= 11 is 1.21. The molecular formula is C12H17NO4S2. The van der Waals surface area contributed by atoms with Gasteiger partial charge in [-0.05, 0) is 24.3 Å². The number of hydrogen-bond donors (Lipinski definition) is 1. The van der Waals surface area contributed by atoms with Crippen LogP contribution in [-0.4, -0.2) is 33.5 Å². The highest BCUT2D eigenvalue weighted by Gasteiger charge is 2.43. The van der Waals surface area contributed by atoms with Gasteiger partial charge in [0.05, 0.1) is 12.7 Å². The molecule has 0 bridgehead atoms. The molecule has 2 aliphatic rings. The Labute approximate surface area is 117 Å². The van der Waals surface area contributed by atoms with Crippen molar-refractivity contribution in [3.8, 4) is 0 Å². The molecule has 1 aliphatic heterocycles. The Morgan fingerprint density at radius 3 is 2.89 bits per heavy atom. The van der Waals surface area contributed by atoms with Gasteiger partial charge in [-0.25, -0.2) is 13.1 Å². The summed E-state index contributed by atoms with van der Waals surface area (Å²) < 4.78 is 38.4. The van der Waals surface area contributed by atoms with Crippen molar-refractivity contribution < 1.29 is 17.9 Å². The van der Waals surface area contributed by atoms with Crippen LogP contribution in [0.15, 0.2) is 21.7 Å². The lowest BCUT2D eigenvalue weighted by Crippen LogP contribution is -2.34. The molecule has 1 saturated heterocycles. The molecule has 0 amide bonds. The van der Waals surface area contributed by atoms with E-state index < -0.39 is 15.8 Å².